The summed E-state index contributed by atoms with van der Waals surface area (Å²) in [6.07, 6.45) is 6.89. The van der Waals surface area contributed by atoms with Crippen molar-refractivity contribution in [3.63, 3.8) is 0 Å². The van der Waals surface area contributed by atoms with E-state index in [1.807, 2.05) is 19.1 Å². The molecule has 3 heterocycles. The average molecular weight is 299 g/mol. The Morgan fingerprint density at radius 3 is 3.09 bits per heavy atom. The quantitative estimate of drug-likeness (QED) is 0.933. The smallest absolute Gasteiger partial charge is 0.220 e. The zero-order valence-electron chi connectivity index (χ0n) is 12.8. The summed E-state index contributed by atoms with van der Waals surface area (Å²) in [5.41, 5.74) is 1.47. The van der Waals surface area contributed by atoms with Crippen LogP contribution in [0.3, 0.4) is 0 Å². The lowest BCUT2D eigenvalue weighted by Gasteiger charge is -2.34. The van der Waals surface area contributed by atoms with Gasteiger partial charge < -0.3 is 10.2 Å². The zero-order valence-corrected chi connectivity index (χ0v) is 12.8. The highest BCUT2D eigenvalue weighted by Crippen LogP contribution is 2.20. The number of carbonyl (C=O) groups is 1. The molecule has 1 N–H and O–H groups in total. The lowest BCUT2D eigenvalue weighted by molar-refractivity contribution is -0.121. The van der Waals surface area contributed by atoms with Gasteiger partial charge in [0.2, 0.25) is 5.91 Å². The summed E-state index contributed by atoms with van der Waals surface area (Å²) in [6.45, 7) is 3.78. The fourth-order valence-corrected chi connectivity index (χ4v) is 2.85. The van der Waals surface area contributed by atoms with Crippen LogP contribution < -0.4 is 10.2 Å². The molecule has 0 spiro atoms. The van der Waals surface area contributed by atoms with Crippen molar-refractivity contribution in [3.05, 3.63) is 24.5 Å². The van der Waals surface area contributed by atoms with E-state index in [4.69, 9.17) is 0 Å². The highest BCUT2D eigenvalue weighted by Gasteiger charge is 2.22. The Morgan fingerprint density at radius 1 is 1.36 bits per heavy atom. The fourth-order valence-electron chi connectivity index (χ4n) is 2.85. The monoisotopic (exact) mass is 299 g/mol. The number of pyridine rings is 1. The molecule has 0 bridgehead atoms. The van der Waals surface area contributed by atoms with E-state index < -0.39 is 0 Å². The van der Waals surface area contributed by atoms with Crippen molar-refractivity contribution < 1.29 is 4.79 Å². The van der Waals surface area contributed by atoms with Crippen molar-refractivity contribution in [3.8, 4) is 0 Å². The summed E-state index contributed by atoms with van der Waals surface area (Å²) in [6, 6.07) is 4.13. The second-order valence-corrected chi connectivity index (χ2v) is 5.67. The summed E-state index contributed by atoms with van der Waals surface area (Å²) >= 11 is 0. The van der Waals surface area contributed by atoms with Crippen molar-refractivity contribution in [2.45, 2.75) is 38.6 Å². The molecule has 6 heteroatoms. The average Bonchev–Trinajstić information content (AvgIpc) is 2.55. The van der Waals surface area contributed by atoms with Gasteiger partial charge in [-0.2, -0.15) is 0 Å². The highest BCUT2D eigenvalue weighted by atomic mass is 16.1. The van der Waals surface area contributed by atoms with Gasteiger partial charge in [-0.3, -0.25) is 9.78 Å². The van der Waals surface area contributed by atoms with Crippen molar-refractivity contribution in [2.75, 3.05) is 18.0 Å². The zero-order chi connectivity index (χ0) is 15.4. The number of piperidine rings is 1. The maximum atomic E-state index is 11.8. The highest BCUT2D eigenvalue weighted by molar-refractivity contribution is 5.76. The normalized spacial score (nSPS) is 18.4. The molecule has 1 aliphatic rings. The van der Waals surface area contributed by atoms with Gasteiger partial charge in [-0.15, -0.1) is 0 Å². The molecule has 1 fully saturated rings. The molecule has 3 rings (SSSR count). The molecule has 1 amide bonds. The van der Waals surface area contributed by atoms with Crippen molar-refractivity contribution in [1.82, 2.24) is 20.3 Å². The molecule has 2 aromatic rings. The number of hydrogen-bond acceptors (Lipinski definition) is 5. The second-order valence-electron chi connectivity index (χ2n) is 5.67. The molecular formula is C16H21N5O. The van der Waals surface area contributed by atoms with Gasteiger partial charge in [-0.1, -0.05) is 6.92 Å². The lowest BCUT2D eigenvalue weighted by Crippen LogP contribution is -2.48. The van der Waals surface area contributed by atoms with Gasteiger partial charge >= 0.3 is 0 Å². The second kappa shape index (κ2) is 6.68. The van der Waals surface area contributed by atoms with Crippen LogP contribution in [-0.2, 0) is 4.79 Å². The first-order chi connectivity index (χ1) is 10.8. The van der Waals surface area contributed by atoms with Crippen molar-refractivity contribution in [2.24, 2.45) is 0 Å². The minimum atomic E-state index is 0.145. The maximum Gasteiger partial charge on any atom is 0.220 e. The number of anilines is 1. The number of fused-ring (bicyclic) bond motifs is 1. The number of aromatic nitrogens is 3. The molecule has 1 aliphatic heterocycles. The van der Waals surface area contributed by atoms with Crippen LogP contribution in [0.4, 0.5) is 5.82 Å². The van der Waals surface area contributed by atoms with E-state index in [2.05, 4.69) is 25.2 Å². The molecule has 1 unspecified atom stereocenters. The van der Waals surface area contributed by atoms with Gasteiger partial charge in [0.25, 0.3) is 0 Å². The van der Waals surface area contributed by atoms with Crippen LogP contribution in [-0.4, -0.2) is 40.0 Å². The third-order valence-electron chi connectivity index (χ3n) is 3.90. The van der Waals surface area contributed by atoms with Gasteiger partial charge in [0.1, 0.15) is 11.3 Å². The molecule has 0 aliphatic carbocycles. The van der Waals surface area contributed by atoms with Crippen LogP contribution in [0.25, 0.3) is 11.2 Å². The SMILES string of the molecule is CCCC(=O)NC1CCCN(c2ccc3nccnc3n2)C1. The Labute approximate surface area is 130 Å². The molecule has 22 heavy (non-hydrogen) atoms. The van der Waals surface area contributed by atoms with Gasteiger partial charge in [-0.05, 0) is 31.4 Å². The molecule has 0 aromatic carbocycles. The summed E-state index contributed by atoms with van der Waals surface area (Å²) in [4.78, 5) is 27.1. The lowest BCUT2D eigenvalue weighted by atomic mass is 10.1. The molecule has 0 saturated carbocycles. The molecule has 116 valence electrons. The summed E-state index contributed by atoms with van der Waals surface area (Å²) in [5.74, 6) is 1.05. The Balaban J connectivity index is 1.71. The van der Waals surface area contributed by atoms with E-state index in [0.29, 0.717) is 12.1 Å². The summed E-state index contributed by atoms with van der Waals surface area (Å²) in [5, 5.41) is 3.12. The van der Waals surface area contributed by atoms with Crippen LogP contribution in [0.2, 0.25) is 0 Å². The first-order valence-electron chi connectivity index (χ1n) is 7.88. The largest absolute Gasteiger partial charge is 0.354 e. The van der Waals surface area contributed by atoms with Crippen molar-refractivity contribution >= 4 is 22.9 Å². The number of nitrogens with one attached hydrogen (secondary N) is 1. The van der Waals surface area contributed by atoms with E-state index >= 15 is 0 Å². The Hall–Kier alpha value is -2.24. The number of amides is 1. The predicted octanol–water partition coefficient (Wildman–Crippen LogP) is 1.91. The van der Waals surface area contributed by atoms with E-state index in [0.717, 1.165) is 43.7 Å². The third kappa shape index (κ3) is 3.32. The standard InChI is InChI=1S/C16H21N5O/c1-2-4-15(22)19-12-5-3-10-21(11-12)14-7-6-13-16(20-14)18-9-8-17-13/h6-9,12H,2-5,10-11H2,1H3,(H,19,22). The van der Waals surface area contributed by atoms with Gasteiger partial charge in [0.05, 0.1) is 0 Å². The number of nitrogens with zero attached hydrogens (tertiary/aromatic N) is 4. The van der Waals surface area contributed by atoms with E-state index in [1.54, 1.807) is 12.4 Å². The number of rotatable bonds is 4. The molecule has 1 saturated heterocycles. The van der Waals surface area contributed by atoms with Crippen LogP contribution >= 0.6 is 0 Å². The van der Waals surface area contributed by atoms with Gasteiger partial charge in [0.15, 0.2) is 5.65 Å². The number of carbonyl (C=O) groups excluding carboxylic acids is 1. The van der Waals surface area contributed by atoms with Crippen LogP contribution in [0.1, 0.15) is 32.6 Å². The van der Waals surface area contributed by atoms with Gasteiger partial charge in [0, 0.05) is 37.9 Å². The minimum Gasteiger partial charge on any atom is -0.354 e. The molecule has 2 aromatic heterocycles. The van der Waals surface area contributed by atoms with Crippen LogP contribution in [0, 0.1) is 0 Å². The summed E-state index contributed by atoms with van der Waals surface area (Å²) in [7, 11) is 0. The minimum absolute atomic E-state index is 0.145. The number of hydrogen-bond donors (Lipinski definition) is 1. The molecular weight excluding hydrogens is 278 g/mol. The molecule has 1 atom stereocenters. The predicted molar refractivity (Wildman–Crippen MR) is 85.6 cm³/mol. The maximum absolute atomic E-state index is 11.8. The van der Waals surface area contributed by atoms with Gasteiger partial charge in [-0.25, -0.2) is 9.97 Å². The Morgan fingerprint density at radius 2 is 2.23 bits per heavy atom. The van der Waals surface area contributed by atoms with Crippen molar-refractivity contribution in [1.29, 1.82) is 0 Å². The molecule has 6 nitrogen and oxygen atoms in total. The van der Waals surface area contributed by atoms with E-state index in [1.165, 1.54) is 0 Å². The Bertz CT molecular complexity index is 660. The van der Waals surface area contributed by atoms with E-state index in [-0.39, 0.29) is 11.9 Å². The Kier molecular flexibility index (Phi) is 4.46. The van der Waals surface area contributed by atoms with Crippen LogP contribution in [0.5, 0.6) is 0 Å². The fraction of sp³-hybridized carbons (Fsp3) is 0.500. The topological polar surface area (TPSA) is 71.0 Å². The van der Waals surface area contributed by atoms with E-state index in [9.17, 15) is 4.79 Å². The summed E-state index contributed by atoms with van der Waals surface area (Å²) < 4.78 is 0. The molecule has 0 radical (unpaired) electrons. The first kappa shape index (κ1) is 14.7. The first-order valence-corrected chi connectivity index (χ1v) is 7.88. The third-order valence-corrected chi connectivity index (χ3v) is 3.90. The van der Waals surface area contributed by atoms with Crippen LogP contribution in [0.15, 0.2) is 24.5 Å².